The molecule has 1 aliphatic carbocycles. The molecule has 1 fully saturated rings. The Balaban J connectivity index is 2.07. The molecule has 1 heterocycles. The van der Waals surface area contributed by atoms with Gasteiger partial charge in [-0.3, -0.25) is 0 Å². The fourth-order valence-corrected chi connectivity index (χ4v) is 3.22. The van der Waals surface area contributed by atoms with Crippen LogP contribution >= 0.6 is 0 Å². The van der Waals surface area contributed by atoms with Gasteiger partial charge < -0.3 is 5.32 Å². The second kappa shape index (κ2) is 5.46. The molecule has 0 saturated heterocycles. The topological polar surface area (TPSA) is 62.3 Å². The Bertz CT molecular complexity index is 525. The third kappa shape index (κ3) is 3.25. The molecule has 1 aromatic heterocycles. The van der Waals surface area contributed by atoms with E-state index in [0.717, 1.165) is 24.6 Å². The lowest BCUT2D eigenvalue weighted by Gasteiger charge is -2.14. The molecule has 19 heavy (non-hydrogen) atoms. The summed E-state index contributed by atoms with van der Waals surface area (Å²) in [4.78, 5) is 4.42. The van der Waals surface area contributed by atoms with Crippen LogP contribution in [0.25, 0.3) is 0 Å². The third-order valence-corrected chi connectivity index (χ3v) is 5.36. The largest absolute Gasteiger partial charge is 0.367 e. The first kappa shape index (κ1) is 14.3. The van der Waals surface area contributed by atoms with Crippen LogP contribution in [-0.4, -0.2) is 37.8 Å². The Hall–Kier alpha value is -1.14. The molecule has 1 saturated carbocycles. The Labute approximate surface area is 115 Å². The SMILES string of the molecule is CC1CCC(Nc2ccc(S(=O)(=O)N(C)C)cn2)C1. The average molecular weight is 283 g/mol. The Morgan fingerprint density at radius 3 is 2.53 bits per heavy atom. The number of hydrogen-bond acceptors (Lipinski definition) is 4. The molecule has 106 valence electrons. The van der Waals surface area contributed by atoms with Gasteiger partial charge in [0.1, 0.15) is 10.7 Å². The van der Waals surface area contributed by atoms with E-state index in [1.807, 2.05) is 0 Å². The summed E-state index contributed by atoms with van der Waals surface area (Å²) in [5.74, 6) is 1.50. The molecule has 0 aliphatic heterocycles. The van der Waals surface area contributed by atoms with Crippen LogP contribution in [0.2, 0.25) is 0 Å². The fourth-order valence-electron chi connectivity index (χ4n) is 2.38. The number of pyridine rings is 1. The van der Waals surface area contributed by atoms with Gasteiger partial charge in [0.25, 0.3) is 0 Å². The maximum Gasteiger partial charge on any atom is 0.244 e. The quantitative estimate of drug-likeness (QED) is 0.917. The van der Waals surface area contributed by atoms with Gasteiger partial charge in [-0.1, -0.05) is 6.92 Å². The number of sulfonamides is 1. The van der Waals surface area contributed by atoms with Crippen LogP contribution in [0.4, 0.5) is 5.82 Å². The van der Waals surface area contributed by atoms with Crippen molar-refractivity contribution in [2.45, 2.75) is 37.1 Å². The van der Waals surface area contributed by atoms with Gasteiger partial charge in [0.15, 0.2) is 0 Å². The predicted molar refractivity (Wildman–Crippen MR) is 75.5 cm³/mol. The van der Waals surface area contributed by atoms with E-state index in [0.29, 0.717) is 6.04 Å². The number of hydrogen-bond donors (Lipinski definition) is 1. The summed E-state index contributed by atoms with van der Waals surface area (Å²) in [6.45, 7) is 2.25. The van der Waals surface area contributed by atoms with Crippen molar-refractivity contribution in [1.82, 2.24) is 9.29 Å². The van der Waals surface area contributed by atoms with Gasteiger partial charge in [0.05, 0.1) is 0 Å². The molecule has 0 radical (unpaired) electrons. The molecular formula is C13H21N3O2S. The summed E-state index contributed by atoms with van der Waals surface area (Å²) in [5, 5.41) is 3.36. The highest BCUT2D eigenvalue weighted by Gasteiger charge is 2.22. The molecule has 2 unspecified atom stereocenters. The number of rotatable bonds is 4. The Morgan fingerprint density at radius 2 is 2.05 bits per heavy atom. The van der Waals surface area contributed by atoms with Crippen LogP contribution in [0.1, 0.15) is 26.2 Å². The molecule has 6 heteroatoms. The van der Waals surface area contributed by atoms with Crippen molar-refractivity contribution in [2.24, 2.45) is 5.92 Å². The van der Waals surface area contributed by atoms with Crippen LogP contribution in [0, 0.1) is 5.92 Å². The molecule has 2 atom stereocenters. The molecular weight excluding hydrogens is 262 g/mol. The second-order valence-electron chi connectivity index (χ2n) is 5.43. The number of nitrogens with zero attached hydrogens (tertiary/aromatic N) is 2. The van der Waals surface area contributed by atoms with Gasteiger partial charge in [-0.25, -0.2) is 17.7 Å². The average Bonchev–Trinajstić information content (AvgIpc) is 2.75. The number of nitrogens with one attached hydrogen (secondary N) is 1. The van der Waals surface area contributed by atoms with E-state index in [9.17, 15) is 8.42 Å². The molecule has 2 rings (SSSR count). The zero-order valence-corrected chi connectivity index (χ0v) is 12.4. The van der Waals surface area contributed by atoms with Crippen LogP contribution in [0.5, 0.6) is 0 Å². The van der Waals surface area contributed by atoms with Gasteiger partial charge in [0.2, 0.25) is 10.0 Å². The summed E-state index contributed by atoms with van der Waals surface area (Å²) in [7, 11) is -0.356. The standard InChI is InChI=1S/C13H21N3O2S/c1-10-4-5-11(8-10)15-13-7-6-12(9-14-13)19(17,18)16(2)3/h6-7,9-11H,4-5,8H2,1-3H3,(H,14,15). The number of anilines is 1. The van der Waals surface area contributed by atoms with E-state index < -0.39 is 10.0 Å². The second-order valence-corrected chi connectivity index (χ2v) is 7.58. The molecule has 0 aromatic carbocycles. The summed E-state index contributed by atoms with van der Waals surface area (Å²) >= 11 is 0. The summed E-state index contributed by atoms with van der Waals surface area (Å²) in [6.07, 6.45) is 4.96. The van der Waals surface area contributed by atoms with Gasteiger partial charge in [-0.05, 0) is 37.3 Å². The van der Waals surface area contributed by atoms with Crippen molar-refractivity contribution in [3.05, 3.63) is 18.3 Å². The normalized spacial score (nSPS) is 23.8. The Kier molecular flexibility index (Phi) is 4.10. The van der Waals surface area contributed by atoms with Crippen LogP contribution in [-0.2, 0) is 10.0 Å². The van der Waals surface area contributed by atoms with Gasteiger partial charge in [0, 0.05) is 26.3 Å². The molecule has 1 N–H and O–H groups in total. The molecule has 0 spiro atoms. The van der Waals surface area contributed by atoms with Gasteiger partial charge in [-0.15, -0.1) is 0 Å². The van der Waals surface area contributed by atoms with Crippen molar-refractivity contribution in [1.29, 1.82) is 0 Å². The van der Waals surface area contributed by atoms with E-state index in [1.54, 1.807) is 12.1 Å². The highest BCUT2D eigenvalue weighted by molar-refractivity contribution is 7.89. The third-order valence-electron chi connectivity index (χ3n) is 3.56. The maximum absolute atomic E-state index is 11.9. The maximum atomic E-state index is 11.9. The first-order valence-electron chi connectivity index (χ1n) is 6.54. The van der Waals surface area contributed by atoms with Crippen molar-refractivity contribution in [3.63, 3.8) is 0 Å². The van der Waals surface area contributed by atoms with E-state index in [1.165, 1.54) is 31.0 Å². The summed E-state index contributed by atoms with van der Waals surface area (Å²) in [6, 6.07) is 3.79. The van der Waals surface area contributed by atoms with Crippen LogP contribution in [0.15, 0.2) is 23.2 Å². The molecule has 1 aromatic rings. The van der Waals surface area contributed by atoms with Crippen LogP contribution < -0.4 is 5.32 Å². The van der Waals surface area contributed by atoms with Crippen molar-refractivity contribution in [3.8, 4) is 0 Å². The van der Waals surface area contributed by atoms with E-state index >= 15 is 0 Å². The minimum absolute atomic E-state index is 0.225. The first-order chi connectivity index (χ1) is 8.89. The van der Waals surface area contributed by atoms with Crippen LogP contribution in [0.3, 0.4) is 0 Å². The zero-order valence-electron chi connectivity index (χ0n) is 11.6. The van der Waals surface area contributed by atoms with Crippen molar-refractivity contribution >= 4 is 15.8 Å². The highest BCUT2D eigenvalue weighted by Crippen LogP contribution is 2.27. The predicted octanol–water partition coefficient (Wildman–Crippen LogP) is 1.93. The molecule has 0 bridgehead atoms. The minimum atomic E-state index is -3.39. The minimum Gasteiger partial charge on any atom is -0.367 e. The lowest BCUT2D eigenvalue weighted by molar-refractivity contribution is 0.520. The smallest absolute Gasteiger partial charge is 0.244 e. The summed E-state index contributed by atoms with van der Waals surface area (Å²) in [5.41, 5.74) is 0. The molecule has 0 amide bonds. The van der Waals surface area contributed by atoms with E-state index in [-0.39, 0.29) is 4.90 Å². The van der Waals surface area contributed by atoms with Crippen molar-refractivity contribution in [2.75, 3.05) is 19.4 Å². The highest BCUT2D eigenvalue weighted by atomic mass is 32.2. The van der Waals surface area contributed by atoms with Gasteiger partial charge in [-0.2, -0.15) is 0 Å². The van der Waals surface area contributed by atoms with E-state index in [2.05, 4.69) is 17.2 Å². The monoisotopic (exact) mass is 283 g/mol. The molecule has 5 nitrogen and oxygen atoms in total. The van der Waals surface area contributed by atoms with E-state index in [4.69, 9.17) is 0 Å². The van der Waals surface area contributed by atoms with Gasteiger partial charge >= 0.3 is 0 Å². The summed E-state index contributed by atoms with van der Waals surface area (Å²) < 4.78 is 25.0. The lowest BCUT2D eigenvalue weighted by Crippen LogP contribution is -2.22. The lowest BCUT2D eigenvalue weighted by atomic mass is 10.1. The molecule has 1 aliphatic rings. The van der Waals surface area contributed by atoms with Crippen molar-refractivity contribution < 1.29 is 8.42 Å². The number of aromatic nitrogens is 1. The zero-order chi connectivity index (χ0) is 14.0. The first-order valence-corrected chi connectivity index (χ1v) is 7.98. The Morgan fingerprint density at radius 1 is 1.32 bits per heavy atom. The fraction of sp³-hybridized carbons (Fsp3) is 0.615.